The molecule has 0 saturated carbocycles. The monoisotopic (exact) mass is 274 g/mol. The molecular weight excluding hydrogens is 264 g/mol. The molecule has 2 rings (SSSR count). The third-order valence-corrected chi connectivity index (χ3v) is 5.61. The lowest BCUT2D eigenvalue weighted by molar-refractivity contribution is 0.603. The molecule has 1 N–H and O–H groups in total. The number of thiazole rings is 1. The van der Waals surface area contributed by atoms with Gasteiger partial charge in [-0.25, -0.2) is 13.4 Å². The molecule has 0 aliphatic heterocycles. The largest absolute Gasteiger partial charge is 0.273 e. The van der Waals surface area contributed by atoms with E-state index in [4.69, 9.17) is 0 Å². The van der Waals surface area contributed by atoms with Crippen LogP contribution in [0.3, 0.4) is 0 Å². The highest BCUT2D eigenvalue weighted by Crippen LogP contribution is 2.25. The van der Waals surface area contributed by atoms with E-state index in [1.165, 1.54) is 22.7 Å². The number of rotatable bonds is 3. The fourth-order valence-corrected chi connectivity index (χ4v) is 4.31. The van der Waals surface area contributed by atoms with E-state index in [0.29, 0.717) is 9.34 Å². The molecule has 0 spiro atoms. The molecule has 0 atom stereocenters. The zero-order valence-corrected chi connectivity index (χ0v) is 11.2. The maximum Gasteiger partial charge on any atom is 0.273 e. The summed E-state index contributed by atoms with van der Waals surface area (Å²) >= 11 is 2.57. The number of sulfonamides is 1. The first-order valence-corrected chi connectivity index (χ1v) is 7.61. The molecule has 16 heavy (non-hydrogen) atoms. The second-order valence-electron chi connectivity index (χ2n) is 3.25. The van der Waals surface area contributed by atoms with Crippen molar-refractivity contribution in [3.05, 3.63) is 28.1 Å². The third kappa shape index (κ3) is 2.42. The van der Waals surface area contributed by atoms with E-state index in [1.54, 1.807) is 18.3 Å². The summed E-state index contributed by atoms with van der Waals surface area (Å²) in [5.41, 5.74) is 0. The van der Waals surface area contributed by atoms with Crippen molar-refractivity contribution in [2.24, 2.45) is 0 Å². The Morgan fingerprint density at radius 1 is 1.19 bits per heavy atom. The Labute approximate surface area is 102 Å². The first kappa shape index (κ1) is 11.6. The average molecular weight is 274 g/mol. The van der Waals surface area contributed by atoms with Crippen molar-refractivity contribution in [3.8, 4) is 0 Å². The normalized spacial score (nSPS) is 11.6. The number of anilines is 1. The molecule has 0 bridgehead atoms. The molecule has 0 aliphatic rings. The first-order chi connectivity index (χ1) is 7.47. The van der Waals surface area contributed by atoms with Crippen molar-refractivity contribution in [1.29, 1.82) is 0 Å². The Kier molecular flexibility index (Phi) is 3.00. The lowest BCUT2D eigenvalue weighted by Gasteiger charge is -2.01. The highest BCUT2D eigenvalue weighted by Gasteiger charge is 2.17. The second-order valence-corrected chi connectivity index (χ2v) is 7.68. The summed E-state index contributed by atoms with van der Waals surface area (Å²) in [7, 11) is -3.46. The van der Waals surface area contributed by atoms with E-state index in [9.17, 15) is 8.42 Å². The van der Waals surface area contributed by atoms with Gasteiger partial charge in [-0.15, -0.1) is 22.7 Å². The van der Waals surface area contributed by atoms with Gasteiger partial charge in [0.1, 0.15) is 4.21 Å². The topological polar surface area (TPSA) is 59.1 Å². The van der Waals surface area contributed by atoms with Gasteiger partial charge >= 0.3 is 0 Å². The Morgan fingerprint density at radius 3 is 2.44 bits per heavy atom. The van der Waals surface area contributed by atoms with E-state index < -0.39 is 10.0 Å². The van der Waals surface area contributed by atoms with Crippen molar-refractivity contribution in [2.45, 2.75) is 18.1 Å². The SMILES string of the molecule is Cc1ccc(S(=O)(=O)Nc2ncc(C)s2)s1. The van der Waals surface area contributed by atoms with Crippen LogP contribution in [0.2, 0.25) is 0 Å². The Hall–Kier alpha value is -0.920. The zero-order valence-electron chi connectivity index (χ0n) is 8.72. The van der Waals surface area contributed by atoms with Crippen molar-refractivity contribution in [2.75, 3.05) is 4.72 Å². The summed E-state index contributed by atoms with van der Waals surface area (Å²) in [5, 5.41) is 0.406. The van der Waals surface area contributed by atoms with Gasteiger partial charge in [-0.2, -0.15) is 0 Å². The molecule has 86 valence electrons. The van der Waals surface area contributed by atoms with Gasteiger partial charge < -0.3 is 0 Å². The van der Waals surface area contributed by atoms with Gasteiger partial charge in [-0.1, -0.05) is 0 Å². The molecule has 0 fully saturated rings. The third-order valence-electron chi connectivity index (χ3n) is 1.82. The molecule has 0 amide bonds. The summed E-state index contributed by atoms with van der Waals surface area (Å²) in [6, 6.07) is 3.38. The number of aromatic nitrogens is 1. The summed E-state index contributed by atoms with van der Waals surface area (Å²) in [4.78, 5) is 5.91. The maximum atomic E-state index is 11.9. The summed E-state index contributed by atoms with van der Waals surface area (Å²) in [5.74, 6) is 0. The van der Waals surface area contributed by atoms with Crippen LogP contribution in [0.4, 0.5) is 5.13 Å². The van der Waals surface area contributed by atoms with Gasteiger partial charge in [0, 0.05) is 16.0 Å². The van der Waals surface area contributed by atoms with E-state index >= 15 is 0 Å². The van der Waals surface area contributed by atoms with Crippen LogP contribution >= 0.6 is 22.7 Å². The lowest BCUT2D eigenvalue weighted by atomic mass is 10.5. The fraction of sp³-hybridized carbons (Fsp3) is 0.222. The predicted octanol–water partition coefficient (Wildman–Crippen LogP) is 2.62. The van der Waals surface area contributed by atoms with E-state index in [0.717, 1.165) is 9.75 Å². The quantitative estimate of drug-likeness (QED) is 0.936. The van der Waals surface area contributed by atoms with E-state index in [2.05, 4.69) is 9.71 Å². The molecule has 4 nitrogen and oxygen atoms in total. The standard InChI is InChI=1S/C9H10N2O2S3/c1-6-3-4-8(14-6)16(12,13)11-9-10-5-7(2)15-9/h3-5H,1-2H3,(H,10,11). The molecule has 0 radical (unpaired) electrons. The number of hydrogen-bond acceptors (Lipinski definition) is 5. The molecule has 7 heteroatoms. The number of aryl methyl sites for hydroxylation is 2. The van der Waals surface area contributed by atoms with Crippen molar-refractivity contribution in [3.63, 3.8) is 0 Å². The predicted molar refractivity (Wildman–Crippen MR) is 66.7 cm³/mol. The van der Waals surface area contributed by atoms with Gasteiger partial charge in [-0.05, 0) is 26.0 Å². The van der Waals surface area contributed by atoms with Crippen molar-refractivity contribution < 1.29 is 8.42 Å². The van der Waals surface area contributed by atoms with E-state index in [1.807, 2.05) is 13.8 Å². The van der Waals surface area contributed by atoms with Crippen molar-refractivity contribution >= 4 is 37.8 Å². The molecule has 0 unspecified atom stereocenters. The smallest absolute Gasteiger partial charge is 0.254 e. The Morgan fingerprint density at radius 2 is 1.94 bits per heavy atom. The molecule has 2 aromatic rings. The summed E-state index contributed by atoms with van der Waals surface area (Å²) < 4.78 is 26.6. The Balaban J connectivity index is 2.27. The van der Waals surface area contributed by atoms with Crippen molar-refractivity contribution in [1.82, 2.24) is 4.98 Å². The van der Waals surface area contributed by atoms with Crippen LogP contribution in [0.15, 0.2) is 22.5 Å². The molecular formula is C9H10N2O2S3. The minimum Gasteiger partial charge on any atom is -0.254 e. The highest BCUT2D eigenvalue weighted by molar-refractivity contribution is 7.94. The van der Waals surface area contributed by atoms with Gasteiger partial charge in [-0.3, -0.25) is 4.72 Å². The first-order valence-electron chi connectivity index (χ1n) is 4.49. The van der Waals surface area contributed by atoms with Gasteiger partial charge in [0.2, 0.25) is 0 Å². The van der Waals surface area contributed by atoms with Crippen LogP contribution in [0.5, 0.6) is 0 Å². The summed E-state index contributed by atoms with van der Waals surface area (Å²) in [6.07, 6.45) is 1.64. The Bertz CT molecular complexity index is 598. The number of nitrogens with zero attached hydrogens (tertiary/aromatic N) is 1. The minimum atomic E-state index is -3.46. The zero-order chi connectivity index (χ0) is 11.8. The minimum absolute atomic E-state index is 0.317. The molecule has 2 aromatic heterocycles. The van der Waals surface area contributed by atoms with Crippen LogP contribution in [0, 0.1) is 13.8 Å². The summed E-state index contributed by atoms with van der Waals surface area (Å²) in [6.45, 7) is 3.75. The number of hydrogen-bond donors (Lipinski definition) is 1. The molecule has 0 aliphatic carbocycles. The van der Waals surface area contributed by atoms with Crippen LogP contribution < -0.4 is 4.72 Å². The van der Waals surface area contributed by atoms with Crippen LogP contribution in [0.25, 0.3) is 0 Å². The van der Waals surface area contributed by atoms with Gasteiger partial charge in [0.25, 0.3) is 10.0 Å². The fourth-order valence-electron chi connectivity index (χ4n) is 1.12. The van der Waals surface area contributed by atoms with E-state index in [-0.39, 0.29) is 0 Å². The van der Waals surface area contributed by atoms with Crippen LogP contribution in [-0.2, 0) is 10.0 Å². The molecule has 2 heterocycles. The maximum absolute atomic E-state index is 11.9. The van der Waals surface area contributed by atoms with Gasteiger partial charge in [0.15, 0.2) is 5.13 Å². The molecule has 0 saturated heterocycles. The van der Waals surface area contributed by atoms with Crippen LogP contribution in [-0.4, -0.2) is 13.4 Å². The average Bonchev–Trinajstić information content (AvgIpc) is 2.75. The van der Waals surface area contributed by atoms with Crippen LogP contribution in [0.1, 0.15) is 9.75 Å². The lowest BCUT2D eigenvalue weighted by Crippen LogP contribution is -2.10. The number of nitrogens with one attached hydrogen (secondary N) is 1. The van der Waals surface area contributed by atoms with Gasteiger partial charge in [0.05, 0.1) is 0 Å². The number of thiophene rings is 1. The second kappa shape index (κ2) is 4.15. The molecule has 0 aromatic carbocycles. The highest BCUT2D eigenvalue weighted by atomic mass is 32.2.